The van der Waals surface area contributed by atoms with Gasteiger partial charge in [-0.2, -0.15) is 0 Å². The highest BCUT2D eigenvalue weighted by Crippen LogP contribution is 2.06. The van der Waals surface area contributed by atoms with Gasteiger partial charge in [-0.05, 0) is 34.4 Å². The molecule has 0 amide bonds. The Kier molecular flexibility index (Phi) is 7.98. The van der Waals surface area contributed by atoms with Gasteiger partial charge in [-0.1, -0.05) is 26.2 Å². The van der Waals surface area contributed by atoms with Crippen molar-refractivity contribution in [3.8, 4) is 0 Å². The maximum Gasteiger partial charge on any atom is 0.0869 e. The minimum absolute atomic E-state index is 0.500. The lowest BCUT2D eigenvalue weighted by Gasteiger charge is -2.28. The zero-order valence-corrected chi connectivity index (χ0v) is 11.7. The van der Waals surface area contributed by atoms with E-state index in [1.807, 2.05) is 25.9 Å². The molecule has 0 fully saturated rings. The highest BCUT2D eigenvalue weighted by atomic mass is 16.3. The monoisotopic (exact) mass is 230 g/mol. The van der Waals surface area contributed by atoms with E-state index in [0.717, 1.165) is 0 Å². The topological polar surface area (TPSA) is 35.5 Å². The molecule has 0 aliphatic rings. The summed E-state index contributed by atoms with van der Waals surface area (Å²) in [5.74, 6) is 0. The predicted octanol–water partition coefficient (Wildman–Crippen LogP) is 1.86. The average Bonchev–Trinajstić information content (AvgIpc) is 2.13. The molecule has 2 unspecified atom stereocenters. The summed E-state index contributed by atoms with van der Waals surface area (Å²) >= 11 is 0. The molecule has 0 saturated heterocycles. The third-order valence-corrected chi connectivity index (χ3v) is 2.73. The summed E-state index contributed by atoms with van der Waals surface area (Å²) in [7, 11) is 3.97. The fraction of sp³-hybridized carbons (Fsp3) is 1.00. The Morgan fingerprint density at radius 1 is 1.31 bits per heavy atom. The number of unbranched alkanes of at least 4 members (excludes halogenated alkanes) is 2. The number of aliphatic hydroxyl groups is 1. The Morgan fingerprint density at radius 3 is 2.44 bits per heavy atom. The molecule has 0 aliphatic heterocycles. The molecular formula is C13H30N2O. The molecular weight excluding hydrogens is 200 g/mol. The fourth-order valence-corrected chi connectivity index (χ4v) is 1.93. The Morgan fingerprint density at radius 2 is 1.94 bits per heavy atom. The van der Waals surface area contributed by atoms with Crippen molar-refractivity contribution in [3.63, 3.8) is 0 Å². The van der Waals surface area contributed by atoms with Crippen LogP contribution in [0.15, 0.2) is 0 Å². The summed E-state index contributed by atoms with van der Waals surface area (Å²) < 4.78 is 0. The Labute approximate surface area is 101 Å². The molecule has 16 heavy (non-hydrogen) atoms. The van der Waals surface area contributed by atoms with Crippen LogP contribution in [0.25, 0.3) is 0 Å². The molecule has 3 heteroatoms. The smallest absolute Gasteiger partial charge is 0.0869 e. The zero-order valence-electron chi connectivity index (χ0n) is 11.7. The molecule has 3 nitrogen and oxygen atoms in total. The molecule has 0 spiro atoms. The van der Waals surface area contributed by atoms with E-state index in [0.29, 0.717) is 19.1 Å². The summed E-state index contributed by atoms with van der Waals surface area (Å²) in [5.41, 5.74) is -0.636. The molecule has 0 aromatic rings. The Bertz CT molecular complexity index is 169. The number of hydrogen-bond acceptors (Lipinski definition) is 3. The molecule has 0 radical (unpaired) electrons. The van der Waals surface area contributed by atoms with E-state index in [9.17, 15) is 5.11 Å². The van der Waals surface area contributed by atoms with Crippen LogP contribution in [0.3, 0.4) is 0 Å². The lowest BCUT2D eigenvalue weighted by molar-refractivity contribution is 0.0315. The van der Waals surface area contributed by atoms with Crippen LogP contribution in [-0.2, 0) is 0 Å². The molecule has 0 bridgehead atoms. The van der Waals surface area contributed by atoms with Gasteiger partial charge in [-0.15, -0.1) is 0 Å². The fourth-order valence-electron chi connectivity index (χ4n) is 1.93. The summed E-state index contributed by atoms with van der Waals surface area (Å²) in [5, 5.41) is 13.5. The Balaban J connectivity index is 3.68. The van der Waals surface area contributed by atoms with E-state index in [1.54, 1.807) is 0 Å². The Hall–Kier alpha value is -0.120. The van der Waals surface area contributed by atoms with E-state index < -0.39 is 5.60 Å². The van der Waals surface area contributed by atoms with E-state index in [4.69, 9.17) is 0 Å². The first kappa shape index (κ1) is 15.9. The van der Waals surface area contributed by atoms with Crippen LogP contribution < -0.4 is 5.32 Å². The molecule has 0 aromatic carbocycles. The normalized spacial score (nSPS) is 17.4. The zero-order chi connectivity index (χ0) is 12.6. The first-order chi connectivity index (χ1) is 7.37. The summed E-state index contributed by atoms with van der Waals surface area (Å²) in [6.07, 6.45) is 5.05. The number of likely N-dealkylation sites (N-methyl/N-ethyl adjacent to an activating group) is 1. The van der Waals surface area contributed by atoms with Gasteiger partial charge in [-0.3, -0.25) is 0 Å². The van der Waals surface area contributed by atoms with Crippen molar-refractivity contribution in [3.05, 3.63) is 0 Å². The molecule has 0 aromatic heterocycles. The van der Waals surface area contributed by atoms with Crippen LogP contribution >= 0.6 is 0 Å². The first-order valence-electron chi connectivity index (χ1n) is 6.48. The van der Waals surface area contributed by atoms with Crippen LogP contribution in [0.2, 0.25) is 0 Å². The van der Waals surface area contributed by atoms with Gasteiger partial charge >= 0.3 is 0 Å². The number of rotatable bonds is 9. The van der Waals surface area contributed by atoms with Crippen molar-refractivity contribution in [1.29, 1.82) is 0 Å². The quantitative estimate of drug-likeness (QED) is 0.594. The molecule has 0 saturated carbocycles. The van der Waals surface area contributed by atoms with Crippen LogP contribution in [0, 0.1) is 0 Å². The molecule has 0 aliphatic carbocycles. The lowest BCUT2D eigenvalue weighted by atomic mass is 10.1. The van der Waals surface area contributed by atoms with Crippen molar-refractivity contribution in [2.24, 2.45) is 0 Å². The third-order valence-electron chi connectivity index (χ3n) is 2.73. The van der Waals surface area contributed by atoms with Crippen molar-refractivity contribution in [2.45, 2.75) is 58.1 Å². The van der Waals surface area contributed by atoms with Gasteiger partial charge in [0, 0.05) is 19.1 Å². The molecule has 98 valence electrons. The minimum atomic E-state index is -0.636. The van der Waals surface area contributed by atoms with Crippen LogP contribution in [0.5, 0.6) is 0 Å². The maximum atomic E-state index is 10.1. The summed E-state index contributed by atoms with van der Waals surface area (Å²) in [6, 6.07) is 0.500. The summed E-state index contributed by atoms with van der Waals surface area (Å²) in [6.45, 7) is 7.67. The number of nitrogens with one attached hydrogen (secondary N) is 1. The minimum Gasteiger partial charge on any atom is -0.388 e. The second-order valence-electron chi connectivity index (χ2n) is 5.51. The van der Waals surface area contributed by atoms with E-state index in [1.165, 1.54) is 25.7 Å². The van der Waals surface area contributed by atoms with Crippen molar-refractivity contribution >= 4 is 0 Å². The highest BCUT2D eigenvalue weighted by Gasteiger charge is 2.21. The number of hydrogen-bond donors (Lipinski definition) is 2. The average molecular weight is 230 g/mol. The lowest BCUT2D eigenvalue weighted by Crippen LogP contribution is -2.47. The largest absolute Gasteiger partial charge is 0.388 e. The van der Waals surface area contributed by atoms with Gasteiger partial charge in [0.25, 0.3) is 0 Å². The summed E-state index contributed by atoms with van der Waals surface area (Å²) in [4.78, 5) is 2.02. The van der Waals surface area contributed by atoms with E-state index >= 15 is 0 Å². The third kappa shape index (κ3) is 9.13. The second kappa shape index (κ2) is 8.04. The van der Waals surface area contributed by atoms with E-state index in [-0.39, 0.29) is 0 Å². The van der Waals surface area contributed by atoms with Gasteiger partial charge in [0.05, 0.1) is 5.60 Å². The van der Waals surface area contributed by atoms with Crippen LogP contribution in [0.1, 0.15) is 46.5 Å². The highest BCUT2D eigenvalue weighted by molar-refractivity contribution is 4.79. The SMILES string of the molecule is CCCCCC(C)NCC(C)(O)CN(C)C. The maximum absolute atomic E-state index is 10.1. The molecule has 0 heterocycles. The molecule has 0 rings (SSSR count). The molecule has 2 N–H and O–H groups in total. The standard InChI is InChI=1S/C13H30N2O/c1-6-7-8-9-12(2)14-10-13(3,16)11-15(4)5/h12,14,16H,6-11H2,1-5H3. The van der Waals surface area contributed by atoms with Gasteiger partial charge in [-0.25, -0.2) is 0 Å². The van der Waals surface area contributed by atoms with E-state index in [2.05, 4.69) is 19.2 Å². The van der Waals surface area contributed by atoms with Crippen LogP contribution in [-0.4, -0.2) is 48.8 Å². The van der Waals surface area contributed by atoms with Gasteiger partial charge in [0.2, 0.25) is 0 Å². The van der Waals surface area contributed by atoms with Crippen molar-refractivity contribution in [2.75, 3.05) is 27.2 Å². The van der Waals surface area contributed by atoms with Crippen molar-refractivity contribution < 1.29 is 5.11 Å². The molecule has 2 atom stereocenters. The first-order valence-corrected chi connectivity index (χ1v) is 6.48. The predicted molar refractivity (Wildman–Crippen MR) is 70.8 cm³/mol. The van der Waals surface area contributed by atoms with Gasteiger partial charge < -0.3 is 15.3 Å². The number of nitrogens with zero attached hydrogens (tertiary/aromatic N) is 1. The second-order valence-corrected chi connectivity index (χ2v) is 5.51. The van der Waals surface area contributed by atoms with Gasteiger partial charge in [0.15, 0.2) is 0 Å². The van der Waals surface area contributed by atoms with Crippen LogP contribution in [0.4, 0.5) is 0 Å². The van der Waals surface area contributed by atoms with Gasteiger partial charge in [0.1, 0.15) is 0 Å². The van der Waals surface area contributed by atoms with Crippen molar-refractivity contribution in [1.82, 2.24) is 10.2 Å².